The highest BCUT2D eigenvalue weighted by Crippen LogP contribution is 2.62. The number of amides is 2. The third kappa shape index (κ3) is 5.61. The first-order chi connectivity index (χ1) is 17.2. The van der Waals surface area contributed by atoms with E-state index in [2.05, 4.69) is 35.0 Å². The highest BCUT2D eigenvalue weighted by Gasteiger charge is 2.69. The molecule has 2 aliphatic rings. The van der Waals surface area contributed by atoms with E-state index in [-0.39, 0.29) is 50.0 Å². The van der Waals surface area contributed by atoms with Gasteiger partial charge in [-0.3, -0.25) is 9.59 Å². The third-order valence-corrected chi connectivity index (χ3v) is 9.13. The summed E-state index contributed by atoms with van der Waals surface area (Å²) in [5.74, 6) is -1.80. The van der Waals surface area contributed by atoms with Gasteiger partial charge >= 0.3 is 18.0 Å². The number of alkyl halides is 3. The van der Waals surface area contributed by atoms with Crippen molar-refractivity contribution in [1.29, 1.82) is 0 Å². The number of nitrogens with zero attached hydrogens (tertiary/aromatic N) is 4. The number of aromatic nitrogens is 3. The van der Waals surface area contributed by atoms with Gasteiger partial charge in [-0.15, -0.1) is 0 Å². The minimum Gasteiger partial charge on any atom is -0.383 e. The van der Waals surface area contributed by atoms with Crippen LogP contribution >= 0.6 is 0 Å². The molecular weight excluding hydrogens is 505 g/mol. The van der Waals surface area contributed by atoms with E-state index in [1.165, 1.54) is 17.1 Å². The number of pyridine rings is 1. The first kappa shape index (κ1) is 27.4. The summed E-state index contributed by atoms with van der Waals surface area (Å²) in [6, 6.07) is -0.0835. The summed E-state index contributed by atoms with van der Waals surface area (Å²) in [6.45, 7) is 9.35. The lowest BCUT2D eigenvalue weighted by molar-refractivity contribution is -0.210. The minimum atomic E-state index is -4.43. The Kier molecular flexibility index (Phi) is 7.32. The van der Waals surface area contributed by atoms with E-state index < -0.39 is 37.5 Å². The van der Waals surface area contributed by atoms with Crippen LogP contribution in [0.3, 0.4) is 0 Å². The summed E-state index contributed by atoms with van der Waals surface area (Å²) in [5, 5.41) is 7.32. The summed E-state index contributed by atoms with van der Waals surface area (Å²) < 4.78 is 49.0. The Morgan fingerprint density at radius 1 is 1.24 bits per heavy atom. The number of hydrogen-bond donors (Lipinski definition) is 2. The zero-order valence-electron chi connectivity index (χ0n) is 21.7. The van der Waals surface area contributed by atoms with Crippen molar-refractivity contribution in [2.45, 2.75) is 77.2 Å². The monoisotopic (exact) mass is 540 g/mol. The van der Waals surface area contributed by atoms with E-state index in [0.717, 1.165) is 10.9 Å². The number of hydrogen-bond acceptors (Lipinski definition) is 6. The van der Waals surface area contributed by atoms with Crippen LogP contribution in [-0.2, 0) is 21.1 Å². The van der Waals surface area contributed by atoms with E-state index in [1.807, 2.05) is 6.92 Å². The Labute approximate surface area is 214 Å². The van der Waals surface area contributed by atoms with Crippen molar-refractivity contribution >= 4 is 42.3 Å². The average Bonchev–Trinajstić information content (AvgIpc) is 3.51. The van der Waals surface area contributed by atoms with Crippen molar-refractivity contribution in [3.63, 3.8) is 0 Å². The SMILES string of the molecule is CC1CCC(C2(C(F)(F)F)CC2)N(C(=O)C(=O)Nc2cnc(N)c3cnn(COCC[Si](C)(C)C)c23)C1. The largest absolute Gasteiger partial charge is 0.396 e. The van der Waals surface area contributed by atoms with Gasteiger partial charge in [0.05, 0.1) is 34.4 Å². The number of carbonyl (C=O) groups is 2. The molecule has 1 aliphatic heterocycles. The number of fused-ring (bicyclic) bond motifs is 1. The molecule has 2 aromatic heterocycles. The van der Waals surface area contributed by atoms with Crippen LogP contribution in [-0.4, -0.2) is 64.9 Å². The number of piperidine rings is 1. The van der Waals surface area contributed by atoms with Crippen LogP contribution in [0, 0.1) is 11.3 Å². The molecule has 1 saturated carbocycles. The van der Waals surface area contributed by atoms with Crippen LogP contribution in [0.25, 0.3) is 10.9 Å². The summed E-state index contributed by atoms with van der Waals surface area (Å²) in [4.78, 5) is 31.6. The number of rotatable bonds is 7. The molecule has 4 rings (SSSR count). The fraction of sp³-hybridized carbons (Fsp3) is 0.667. The van der Waals surface area contributed by atoms with Crippen molar-refractivity contribution in [3.8, 4) is 0 Å². The maximum absolute atomic E-state index is 13.9. The average molecular weight is 541 g/mol. The smallest absolute Gasteiger partial charge is 0.383 e. The number of ether oxygens (including phenoxy) is 1. The molecule has 0 spiro atoms. The molecule has 0 aromatic carbocycles. The number of anilines is 2. The Balaban J connectivity index is 1.54. The van der Waals surface area contributed by atoms with Gasteiger partial charge in [0.2, 0.25) is 0 Å². The number of likely N-dealkylation sites (tertiary alicyclic amines) is 1. The summed E-state index contributed by atoms with van der Waals surface area (Å²) >= 11 is 0. The Hall–Kier alpha value is -2.67. The molecule has 2 aromatic rings. The van der Waals surface area contributed by atoms with Gasteiger partial charge in [0, 0.05) is 27.3 Å². The van der Waals surface area contributed by atoms with Gasteiger partial charge in [0.1, 0.15) is 12.5 Å². The topological polar surface area (TPSA) is 115 Å². The van der Waals surface area contributed by atoms with Gasteiger partial charge in [-0.1, -0.05) is 26.6 Å². The van der Waals surface area contributed by atoms with Crippen molar-refractivity contribution in [2.24, 2.45) is 11.3 Å². The van der Waals surface area contributed by atoms with Crippen molar-refractivity contribution in [2.75, 3.05) is 24.2 Å². The first-order valence-corrected chi connectivity index (χ1v) is 16.3. The highest BCUT2D eigenvalue weighted by molar-refractivity contribution is 6.76. The summed E-state index contributed by atoms with van der Waals surface area (Å²) in [6.07, 6.45) is -0.873. The Morgan fingerprint density at radius 2 is 1.95 bits per heavy atom. The molecule has 37 heavy (non-hydrogen) atoms. The molecule has 3 N–H and O–H groups in total. The van der Waals surface area contributed by atoms with Crippen molar-refractivity contribution < 1.29 is 27.5 Å². The van der Waals surface area contributed by atoms with E-state index in [9.17, 15) is 22.8 Å². The standard InChI is InChI=1S/C24H35F3N6O3Si/c1-15-5-6-18(23(7-8-23)24(25,26)27)32(13-15)22(35)21(34)31-17-12-29-20(28)16-11-30-33(19(16)17)14-36-9-10-37(2,3)4/h11-12,15,18H,5-10,13-14H2,1-4H3,(H2,28,29)(H,31,34). The van der Waals surface area contributed by atoms with Crippen LogP contribution < -0.4 is 11.1 Å². The van der Waals surface area contributed by atoms with Crippen molar-refractivity contribution in [3.05, 3.63) is 12.4 Å². The summed E-state index contributed by atoms with van der Waals surface area (Å²) in [7, 11) is -1.29. The van der Waals surface area contributed by atoms with Crippen LogP contribution in [0.4, 0.5) is 24.7 Å². The van der Waals surface area contributed by atoms with Gasteiger partial charge in [-0.25, -0.2) is 9.67 Å². The molecule has 13 heteroatoms. The maximum atomic E-state index is 13.9. The van der Waals surface area contributed by atoms with Crippen LogP contribution in [0.15, 0.2) is 12.4 Å². The van der Waals surface area contributed by atoms with Gasteiger partial charge in [0.15, 0.2) is 0 Å². The first-order valence-electron chi connectivity index (χ1n) is 12.6. The number of nitrogen functional groups attached to an aromatic ring is 1. The number of nitrogens with two attached hydrogens (primary N) is 1. The molecule has 0 bridgehead atoms. The van der Waals surface area contributed by atoms with E-state index in [1.54, 1.807) is 0 Å². The summed E-state index contributed by atoms with van der Waals surface area (Å²) in [5.41, 5.74) is 4.68. The van der Waals surface area contributed by atoms with Crippen LogP contribution in [0.2, 0.25) is 25.7 Å². The quantitative estimate of drug-likeness (QED) is 0.309. The molecule has 2 atom stereocenters. The Bertz CT molecular complexity index is 1170. The molecule has 2 fully saturated rings. The second-order valence-electron chi connectivity index (χ2n) is 11.6. The molecule has 9 nitrogen and oxygen atoms in total. The second-order valence-corrected chi connectivity index (χ2v) is 17.2. The predicted molar refractivity (Wildman–Crippen MR) is 136 cm³/mol. The molecule has 0 radical (unpaired) electrons. The third-order valence-electron chi connectivity index (χ3n) is 7.43. The van der Waals surface area contributed by atoms with Gasteiger partial charge in [-0.2, -0.15) is 18.3 Å². The Morgan fingerprint density at radius 3 is 2.57 bits per heavy atom. The predicted octanol–water partition coefficient (Wildman–Crippen LogP) is 4.23. The molecule has 2 unspecified atom stereocenters. The highest BCUT2D eigenvalue weighted by atomic mass is 28.3. The van der Waals surface area contributed by atoms with Crippen LogP contribution in [0.5, 0.6) is 0 Å². The number of carbonyl (C=O) groups excluding carboxylic acids is 2. The molecular formula is C24H35F3N6O3Si. The molecule has 1 aliphatic carbocycles. The van der Waals surface area contributed by atoms with E-state index in [4.69, 9.17) is 10.5 Å². The fourth-order valence-electron chi connectivity index (χ4n) is 5.04. The molecule has 204 valence electrons. The number of nitrogens with one attached hydrogen (secondary N) is 1. The lowest BCUT2D eigenvalue weighted by atomic mass is 9.83. The molecule has 1 saturated heterocycles. The lowest BCUT2D eigenvalue weighted by Crippen LogP contribution is -2.56. The zero-order valence-corrected chi connectivity index (χ0v) is 22.7. The molecule has 3 heterocycles. The maximum Gasteiger partial charge on any atom is 0.396 e. The zero-order chi connectivity index (χ0) is 27.2. The molecule has 2 amide bonds. The van der Waals surface area contributed by atoms with Crippen LogP contribution in [0.1, 0.15) is 32.6 Å². The van der Waals surface area contributed by atoms with Gasteiger partial charge < -0.3 is 20.7 Å². The van der Waals surface area contributed by atoms with Gasteiger partial charge in [-0.05, 0) is 37.6 Å². The fourth-order valence-corrected chi connectivity index (χ4v) is 5.80. The normalized spacial score (nSPS) is 21.8. The van der Waals surface area contributed by atoms with Gasteiger partial charge in [0.25, 0.3) is 0 Å². The lowest BCUT2D eigenvalue weighted by Gasteiger charge is -2.43. The van der Waals surface area contributed by atoms with E-state index >= 15 is 0 Å². The number of halogens is 3. The minimum absolute atomic E-state index is 0.00308. The van der Waals surface area contributed by atoms with Crippen molar-refractivity contribution in [1.82, 2.24) is 19.7 Å². The van der Waals surface area contributed by atoms with E-state index in [0.29, 0.717) is 23.9 Å². The second kappa shape index (κ2) is 9.90.